The van der Waals surface area contributed by atoms with E-state index < -0.39 is 23.2 Å². The molecule has 27 heavy (non-hydrogen) atoms. The lowest BCUT2D eigenvalue weighted by Crippen LogP contribution is -2.77. The van der Waals surface area contributed by atoms with Gasteiger partial charge in [-0.3, -0.25) is 4.90 Å². The van der Waals surface area contributed by atoms with Crippen molar-refractivity contribution in [3.8, 4) is 11.8 Å². The zero-order chi connectivity index (χ0) is 18.4. The number of aliphatic hydroxyl groups is 2. The van der Waals surface area contributed by atoms with E-state index in [-0.39, 0.29) is 6.04 Å². The molecule has 0 amide bonds. The number of ether oxygens (including phenoxy) is 1. The molecule has 2 saturated carbocycles. The standard InChI is InChI=1S/C22H26N2O3/c23-11-15-5-4-14-10-17-22(26)7-6-16(25)20-21(22,18(14)19(15)27-20)8-9-24(17)12-13-2-1-3-13/h4-5,13,16-17,20,25-26H,1-3,6-10,12H2/t16?,17-,20?,21+,22?/m0/s1. The third kappa shape index (κ3) is 1.80. The molecule has 0 radical (unpaired) electrons. The van der Waals surface area contributed by atoms with Gasteiger partial charge in [-0.05, 0) is 62.6 Å². The predicted octanol–water partition coefficient (Wildman–Crippen LogP) is 1.87. The second kappa shape index (κ2) is 5.26. The Morgan fingerprint density at radius 2 is 2.11 bits per heavy atom. The summed E-state index contributed by atoms with van der Waals surface area (Å²) in [6, 6.07) is 6.25. The molecule has 2 N–H and O–H groups in total. The average molecular weight is 366 g/mol. The molecule has 3 aliphatic carbocycles. The molecule has 5 nitrogen and oxygen atoms in total. The molecule has 2 aliphatic heterocycles. The first-order valence-electron chi connectivity index (χ1n) is 10.5. The van der Waals surface area contributed by atoms with Crippen LogP contribution in [0.25, 0.3) is 0 Å². The topological polar surface area (TPSA) is 76.7 Å². The molecule has 6 rings (SSSR count). The summed E-state index contributed by atoms with van der Waals surface area (Å²) in [7, 11) is 0. The number of rotatable bonds is 2. The molecule has 1 aromatic rings. The lowest BCUT2D eigenvalue weighted by atomic mass is 9.48. The van der Waals surface area contributed by atoms with Crippen LogP contribution >= 0.6 is 0 Å². The summed E-state index contributed by atoms with van der Waals surface area (Å²) in [6.07, 6.45) is 5.70. The van der Waals surface area contributed by atoms with Crippen LogP contribution in [0.3, 0.4) is 0 Å². The minimum absolute atomic E-state index is 0.0804. The maximum Gasteiger partial charge on any atom is 0.141 e. The molecule has 1 aromatic carbocycles. The van der Waals surface area contributed by atoms with Crippen LogP contribution in [0.5, 0.6) is 5.75 Å². The van der Waals surface area contributed by atoms with Gasteiger partial charge in [0.1, 0.15) is 17.9 Å². The van der Waals surface area contributed by atoms with Gasteiger partial charge in [0, 0.05) is 18.2 Å². The predicted molar refractivity (Wildman–Crippen MR) is 98.5 cm³/mol. The largest absolute Gasteiger partial charge is 0.485 e. The second-order valence-corrected chi connectivity index (χ2v) is 9.39. The zero-order valence-corrected chi connectivity index (χ0v) is 15.5. The van der Waals surface area contributed by atoms with Crippen molar-refractivity contribution in [3.05, 3.63) is 28.8 Å². The number of aliphatic hydroxyl groups excluding tert-OH is 1. The highest BCUT2D eigenvalue weighted by atomic mass is 16.5. The van der Waals surface area contributed by atoms with E-state index in [1.165, 1.54) is 24.8 Å². The molecule has 1 saturated heterocycles. The molecule has 2 bridgehead atoms. The minimum Gasteiger partial charge on any atom is -0.485 e. The highest BCUT2D eigenvalue weighted by Crippen LogP contribution is 2.64. The van der Waals surface area contributed by atoms with Crippen molar-refractivity contribution in [2.45, 2.75) is 74.2 Å². The van der Waals surface area contributed by atoms with Crippen LogP contribution in [0.15, 0.2) is 12.1 Å². The van der Waals surface area contributed by atoms with Crippen molar-refractivity contribution >= 4 is 0 Å². The normalized spacial score (nSPS) is 42.0. The number of piperidine rings is 1. The zero-order valence-electron chi connectivity index (χ0n) is 15.5. The van der Waals surface area contributed by atoms with E-state index in [2.05, 4.69) is 17.0 Å². The summed E-state index contributed by atoms with van der Waals surface area (Å²) >= 11 is 0. The van der Waals surface area contributed by atoms with Crippen molar-refractivity contribution in [3.63, 3.8) is 0 Å². The first kappa shape index (κ1) is 16.4. The van der Waals surface area contributed by atoms with Gasteiger partial charge in [0.2, 0.25) is 0 Å². The Balaban J connectivity index is 1.53. The summed E-state index contributed by atoms with van der Waals surface area (Å²) in [4.78, 5) is 2.53. The van der Waals surface area contributed by atoms with Crippen molar-refractivity contribution in [1.29, 1.82) is 5.26 Å². The lowest BCUT2D eigenvalue weighted by Gasteiger charge is -2.64. The number of nitriles is 1. The third-order valence-corrected chi connectivity index (χ3v) is 8.40. The molecule has 3 fully saturated rings. The van der Waals surface area contributed by atoms with Gasteiger partial charge in [-0.1, -0.05) is 12.5 Å². The summed E-state index contributed by atoms with van der Waals surface area (Å²) in [5.74, 6) is 1.40. The van der Waals surface area contributed by atoms with Crippen LogP contribution < -0.4 is 4.74 Å². The number of likely N-dealkylation sites (tertiary alicyclic amines) is 1. The minimum atomic E-state index is -0.884. The Morgan fingerprint density at radius 1 is 1.26 bits per heavy atom. The van der Waals surface area contributed by atoms with E-state index in [0.717, 1.165) is 37.4 Å². The highest BCUT2D eigenvalue weighted by Gasteiger charge is 2.72. The maximum atomic E-state index is 12.2. The van der Waals surface area contributed by atoms with Crippen LogP contribution in [0.1, 0.15) is 55.2 Å². The van der Waals surface area contributed by atoms with Gasteiger partial charge in [-0.2, -0.15) is 5.26 Å². The van der Waals surface area contributed by atoms with E-state index in [4.69, 9.17) is 4.74 Å². The Morgan fingerprint density at radius 3 is 2.85 bits per heavy atom. The Kier molecular flexibility index (Phi) is 3.18. The molecule has 1 spiro atoms. The van der Waals surface area contributed by atoms with Gasteiger partial charge in [-0.15, -0.1) is 0 Å². The molecular formula is C22H26N2O3. The van der Waals surface area contributed by atoms with Crippen LogP contribution in [-0.2, 0) is 11.8 Å². The van der Waals surface area contributed by atoms with Crippen molar-refractivity contribution in [2.75, 3.05) is 13.1 Å². The van der Waals surface area contributed by atoms with Gasteiger partial charge in [0.25, 0.3) is 0 Å². The van der Waals surface area contributed by atoms with E-state index >= 15 is 0 Å². The monoisotopic (exact) mass is 366 g/mol. The van der Waals surface area contributed by atoms with Crippen LogP contribution in [0, 0.1) is 17.2 Å². The fourth-order valence-electron chi connectivity index (χ4n) is 6.93. The summed E-state index contributed by atoms with van der Waals surface area (Å²) in [6.45, 7) is 2.02. The first-order valence-corrected chi connectivity index (χ1v) is 10.5. The van der Waals surface area contributed by atoms with E-state index in [1.807, 2.05) is 6.07 Å². The molecule has 0 aromatic heterocycles. The fraction of sp³-hybridized carbons (Fsp3) is 0.682. The SMILES string of the molecule is N#Cc1ccc2c3c1OC1C(O)CCC4(O)[C@H](C2)N(CC2CCC2)CC[C@@]314. The van der Waals surface area contributed by atoms with Gasteiger partial charge in [0.15, 0.2) is 0 Å². The van der Waals surface area contributed by atoms with Crippen LogP contribution in [0.4, 0.5) is 0 Å². The fourth-order valence-corrected chi connectivity index (χ4v) is 6.93. The average Bonchev–Trinajstić information content (AvgIpc) is 2.98. The molecule has 3 unspecified atom stereocenters. The Labute approximate surface area is 159 Å². The third-order valence-electron chi connectivity index (χ3n) is 8.40. The number of benzene rings is 1. The molecule has 5 atom stereocenters. The Hall–Kier alpha value is -1.61. The quantitative estimate of drug-likeness (QED) is 0.836. The number of hydrogen-bond acceptors (Lipinski definition) is 5. The van der Waals surface area contributed by atoms with Crippen LogP contribution in [0.2, 0.25) is 0 Å². The second-order valence-electron chi connectivity index (χ2n) is 9.39. The maximum absolute atomic E-state index is 12.2. The molecule has 2 heterocycles. The van der Waals surface area contributed by atoms with Gasteiger partial charge >= 0.3 is 0 Å². The van der Waals surface area contributed by atoms with Gasteiger partial charge in [0.05, 0.1) is 22.7 Å². The highest BCUT2D eigenvalue weighted by molar-refractivity contribution is 5.63. The molecule has 5 aliphatic rings. The number of hydrogen-bond donors (Lipinski definition) is 2. The van der Waals surface area contributed by atoms with Crippen LogP contribution in [-0.4, -0.2) is 52.1 Å². The molecular weight excluding hydrogens is 340 g/mol. The number of nitrogens with zero attached hydrogens (tertiary/aromatic N) is 2. The van der Waals surface area contributed by atoms with Crippen molar-refractivity contribution in [2.24, 2.45) is 5.92 Å². The van der Waals surface area contributed by atoms with Gasteiger partial charge in [-0.25, -0.2) is 0 Å². The van der Waals surface area contributed by atoms with Crippen molar-refractivity contribution in [1.82, 2.24) is 4.90 Å². The van der Waals surface area contributed by atoms with E-state index in [9.17, 15) is 15.5 Å². The smallest absolute Gasteiger partial charge is 0.141 e. The summed E-state index contributed by atoms with van der Waals surface area (Å²) in [5.41, 5.74) is 1.32. The molecule has 142 valence electrons. The lowest BCUT2D eigenvalue weighted by molar-refractivity contribution is -0.209. The summed E-state index contributed by atoms with van der Waals surface area (Å²) in [5, 5.41) is 32.5. The summed E-state index contributed by atoms with van der Waals surface area (Å²) < 4.78 is 6.28. The molecule has 5 heteroatoms. The Bertz CT molecular complexity index is 860. The van der Waals surface area contributed by atoms with Gasteiger partial charge < -0.3 is 14.9 Å². The van der Waals surface area contributed by atoms with E-state index in [0.29, 0.717) is 24.2 Å². The van der Waals surface area contributed by atoms with E-state index in [1.54, 1.807) is 0 Å². The first-order chi connectivity index (χ1) is 13.1. The van der Waals surface area contributed by atoms with Crippen molar-refractivity contribution < 1.29 is 14.9 Å².